The van der Waals surface area contributed by atoms with Gasteiger partial charge in [-0.1, -0.05) is 37.3 Å². The standard InChI is InChI=1S/C20H19NO2/c1-3-16-13(2)21-19-7-5-4-6-17(19)18(16)12-14-8-10-15(11-9-14)20(22)23/h4-11H,3,12H2,1-2H3,(H,22,23). The molecule has 0 aliphatic heterocycles. The zero-order valence-corrected chi connectivity index (χ0v) is 13.3. The quantitative estimate of drug-likeness (QED) is 0.777. The van der Waals surface area contributed by atoms with Crippen molar-refractivity contribution in [2.24, 2.45) is 0 Å². The highest BCUT2D eigenvalue weighted by atomic mass is 16.4. The third-order valence-electron chi connectivity index (χ3n) is 4.25. The molecule has 0 amide bonds. The molecule has 1 heterocycles. The summed E-state index contributed by atoms with van der Waals surface area (Å²) in [7, 11) is 0. The summed E-state index contributed by atoms with van der Waals surface area (Å²) in [5.41, 5.74) is 6.09. The number of para-hydroxylation sites is 1. The van der Waals surface area contributed by atoms with Gasteiger partial charge in [-0.15, -0.1) is 0 Å². The SMILES string of the molecule is CCc1c(C)nc2ccccc2c1Cc1ccc(C(=O)O)cc1. The molecule has 3 aromatic rings. The molecule has 0 saturated heterocycles. The van der Waals surface area contributed by atoms with E-state index in [1.165, 1.54) is 16.5 Å². The van der Waals surface area contributed by atoms with Gasteiger partial charge in [0.05, 0.1) is 11.1 Å². The van der Waals surface area contributed by atoms with Gasteiger partial charge < -0.3 is 5.11 Å². The smallest absolute Gasteiger partial charge is 0.335 e. The van der Waals surface area contributed by atoms with Gasteiger partial charge in [-0.2, -0.15) is 0 Å². The molecule has 116 valence electrons. The van der Waals surface area contributed by atoms with E-state index in [9.17, 15) is 4.79 Å². The molecule has 0 atom stereocenters. The largest absolute Gasteiger partial charge is 0.478 e. The van der Waals surface area contributed by atoms with Gasteiger partial charge in [0, 0.05) is 11.1 Å². The van der Waals surface area contributed by atoms with Crippen LogP contribution in [0.1, 0.15) is 39.7 Å². The summed E-state index contributed by atoms with van der Waals surface area (Å²) in [5.74, 6) is -0.893. The van der Waals surface area contributed by atoms with Crippen LogP contribution in [0.2, 0.25) is 0 Å². The first-order valence-corrected chi connectivity index (χ1v) is 7.79. The summed E-state index contributed by atoms with van der Waals surface area (Å²) >= 11 is 0. The maximum absolute atomic E-state index is 11.0. The molecule has 0 spiro atoms. The Kier molecular flexibility index (Phi) is 4.11. The fraction of sp³-hybridized carbons (Fsp3) is 0.200. The minimum Gasteiger partial charge on any atom is -0.478 e. The molecule has 2 aromatic carbocycles. The lowest BCUT2D eigenvalue weighted by molar-refractivity contribution is 0.0697. The van der Waals surface area contributed by atoms with Crippen molar-refractivity contribution < 1.29 is 9.90 Å². The first-order valence-electron chi connectivity index (χ1n) is 7.79. The maximum Gasteiger partial charge on any atom is 0.335 e. The monoisotopic (exact) mass is 305 g/mol. The fourth-order valence-electron chi connectivity index (χ4n) is 3.10. The van der Waals surface area contributed by atoms with Crippen LogP contribution in [0.5, 0.6) is 0 Å². The molecule has 0 unspecified atom stereocenters. The molecule has 1 aromatic heterocycles. The Labute approximate surface area is 135 Å². The molecule has 0 radical (unpaired) electrons. The van der Waals surface area contributed by atoms with Crippen LogP contribution >= 0.6 is 0 Å². The molecule has 23 heavy (non-hydrogen) atoms. The highest BCUT2D eigenvalue weighted by molar-refractivity contribution is 5.87. The third-order valence-corrected chi connectivity index (χ3v) is 4.25. The van der Waals surface area contributed by atoms with E-state index in [4.69, 9.17) is 10.1 Å². The third kappa shape index (κ3) is 2.95. The number of pyridine rings is 1. The van der Waals surface area contributed by atoms with Gasteiger partial charge in [0.1, 0.15) is 0 Å². The van der Waals surface area contributed by atoms with Crippen molar-refractivity contribution >= 4 is 16.9 Å². The van der Waals surface area contributed by atoms with Crippen molar-refractivity contribution in [3.63, 3.8) is 0 Å². The molecule has 0 aliphatic rings. The summed E-state index contributed by atoms with van der Waals surface area (Å²) in [6.45, 7) is 4.21. The van der Waals surface area contributed by atoms with E-state index < -0.39 is 5.97 Å². The Morgan fingerprint density at radius 3 is 2.39 bits per heavy atom. The lowest BCUT2D eigenvalue weighted by atomic mass is 9.93. The summed E-state index contributed by atoms with van der Waals surface area (Å²) in [6, 6.07) is 15.3. The Morgan fingerprint density at radius 1 is 1.04 bits per heavy atom. The van der Waals surface area contributed by atoms with Crippen LogP contribution in [0, 0.1) is 6.92 Å². The molecule has 0 aliphatic carbocycles. The number of hydrogen-bond acceptors (Lipinski definition) is 2. The minimum atomic E-state index is -0.893. The highest BCUT2D eigenvalue weighted by Gasteiger charge is 2.12. The Balaban J connectivity index is 2.09. The number of carboxylic acid groups (broad SMARTS) is 1. The number of carbonyl (C=O) groups is 1. The van der Waals surface area contributed by atoms with Crippen molar-refractivity contribution in [3.8, 4) is 0 Å². The molecule has 0 fully saturated rings. The van der Waals surface area contributed by atoms with Gasteiger partial charge in [-0.25, -0.2) is 4.79 Å². The summed E-state index contributed by atoms with van der Waals surface area (Å²) in [6.07, 6.45) is 1.72. The van der Waals surface area contributed by atoms with Crippen LogP contribution < -0.4 is 0 Å². The summed E-state index contributed by atoms with van der Waals surface area (Å²) in [4.78, 5) is 15.7. The van der Waals surface area contributed by atoms with Gasteiger partial charge in [0.2, 0.25) is 0 Å². The molecular weight excluding hydrogens is 286 g/mol. The lowest BCUT2D eigenvalue weighted by Crippen LogP contribution is -2.02. The van der Waals surface area contributed by atoms with E-state index in [1.54, 1.807) is 12.1 Å². The number of benzene rings is 2. The van der Waals surface area contributed by atoms with Crippen molar-refractivity contribution in [1.82, 2.24) is 4.98 Å². The number of aromatic nitrogens is 1. The normalized spacial score (nSPS) is 10.9. The first-order chi connectivity index (χ1) is 11.1. The average molecular weight is 305 g/mol. The number of rotatable bonds is 4. The van der Waals surface area contributed by atoms with Gasteiger partial charge in [-0.05, 0) is 54.7 Å². The van der Waals surface area contributed by atoms with Crippen molar-refractivity contribution in [3.05, 3.63) is 76.5 Å². The Bertz CT molecular complexity index is 867. The maximum atomic E-state index is 11.0. The topological polar surface area (TPSA) is 50.2 Å². The van der Waals surface area contributed by atoms with E-state index >= 15 is 0 Å². The lowest BCUT2D eigenvalue weighted by Gasteiger charge is -2.14. The highest BCUT2D eigenvalue weighted by Crippen LogP contribution is 2.26. The van der Waals surface area contributed by atoms with Crippen molar-refractivity contribution in [2.75, 3.05) is 0 Å². The average Bonchev–Trinajstić information content (AvgIpc) is 2.55. The van der Waals surface area contributed by atoms with Gasteiger partial charge in [-0.3, -0.25) is 4.98 Å². The number of aromatic carboxylic acids is 1. The van der Waals surface area contributed by atoms with Crippen molar-refractivity contribution in [1.29, 1.82) is 0 Å². The zero-order chi connectivity index (χ0) is 16.4. The van der Waals surface area contributed by atoms with E-state index in [2.05, 4.69) is 19.9 Å². The minimum absolute atomic E-state index is 0.320. The van der Waals surface area contributed by atoms with Crippen molar-refractivity contribution in [2.45, 2.75) is 26.7 Å². The number of fused-ring (bicyclic) bond motifs is 1. The fourth-order valence-corrected chi connectivity index (χ4v) is 3.10. The van der Waals surface area contributed by atoms with Crippen LogP contribution in [0.25, 0.3) is 10.9 Å². The predicted octanol–water partition coefficient (Wildman–Crippen LogP) is 4.39. The van der Waals surface area contributed by atoms with E-state index in [-0.39, 0.29) is 0 Å². The number of nitrogens with zero attached hydrogens (tertiary/aromatic N) is 1. The van der Waals surface area contributed by atoms with Crippen LogP contribution in [-0.2, 0) is 12.8 Å². The second-order valence-electron chi connectivity index (χ2n) is 5.70. The molecule has 3 heteroatoms. The molecule has 3 nitrogen and oxygen atoms in total. The molecule has 3 rings (SSSR count). The molecular formula is C20H19NO2. The second-order valence-corrected chi connectivity index (χ2v) is 5.70. The Morgan fingerprint density at radius 2 is 1.74 bits per heavy atom. The van der Waals surface area contributed by atoms with Crippen LogP contribution in [-0.4, -0.2) is 16.1 Å². The van der Waals surface area contributed by atoms with E-state index in [1.807, 2.05) is 30.3 Å². The molecule has 0 bridgehead atoms. The molecule has 1 N–H and O–H groups in total. The summed E-state index contributed by atoms with van der Waals surface area (Å²) in [5, 5.41) is 10.2. The van der Waals surface area contributed by atoms with Crippen LogP contribution in [0.4, 0.5) is 0 Å². The van der Waals surface area contributed by atoms with Crippen LogP contribution in [0.3, 0.4) is 0 Å². The van der Waals surface area contributed by atoms with E-state index in [0.29, 0.717) is 5.56 Å². The van der Waals surface area contributed by atoms with Gasteiger partial charge in [0.15, 0.2) is 0 Å². The van der Waals surface area contributed by atoms with E-state index in [0.717, 1.165) is 29.6 Å². The van der Waals surface area contributed by atoms with Crippen LogP contribution in [0.15, 0.2) is 48.5 Å². The number of carboxylic acids is 1. The Hall–Kier alpha value is -2.68. The number of aryl methyl sites for hydroxylation is 1. The van der Waals surface area contributed by atoms with Gasteiger partial charge in [0.25, 0.3) is 0 Å². The van der Waals surface area contributed by atoms with Gasteiger partial charge >= 0.3 is 5.97 Å². The zero-order valence-electron chi connectivity index (χ0n) is 13.3. The first kappa shape index (κ1) is 15.2. The number of hydrogen-bond donors (Lipinski definition) is 1. The second kappa shape index (κ2) is 6.21. The summed E-state index contributed by atoms with van der Waals surface area (Å²) < 4.78 is 0. The predicted molar refractivity (Wildman–Crippen MR) is 92.1 cm³/mol. The molecule has 0 saturated carbocycles.